The van der Waals surface area contributed by atoms with Crippen LogP contribution in [0.15, 0.2) is 28.7 Å². The number of hydrogen-bond acceptors (Lipinski definition) is 3. The van der Waals surface area contributed by atoms with E-state index in [-0.39, 0.29) is 0 Å². The zero-order chi connectivity index (χ0) is 11.9. The van der Waals surface area contributed by atoms with Crippen molar-refractivity contribution in [2.24, 2.45) is 0 Å². The molecule has 94 valence electrons. The second kappa shape index (κ2) is 7.11. The van der Waals surface area contributed by atoms with Gasteiger partial charge in [0.05, 0.1) is 12.7 Å². The Labute approximate surface area is 111 Å². The Bertz CT molecular complexity index is 323. The summed E-state index contributed by atoms with van der Waals surface area (Å²) in [7, 11) is 0. The predicted molar refractivity (Wildman–Crippen MR) is 73.3 cm³/mol. The van der Waals surface area contributed by atoms with E-state index in [1.54, 1.807) is 0 Å². The topological polar surface area (TPSA) is 33.3 Å². The highest BCUT2D eigenvalue weighted by molar-refractivity contribution is 9.10. The molecule has 2 rings (SSSR count). The molecule has 1 unspecified atom stereocenters. The third kappa shape index (κ3) is 4.76. The highest BCUT2D eigenvalue weighted by Gasteiger charge is 2.11. The summed E-state index contributed by atoms with van der Waals surface area (Å²) in [6.45, 7) is 4.71. The maximum atomic E-state index is 5.61. The van der Waals surface area contributed by atoms with Crippen LogP contribution in [-0.2, 0) is 11.2 Å². The lowest BCUT2D eigenvalue weighted by Crippen LogP contribution is -2.44. The van der Waals surface area contributed by atoms with Gasteiger partial charge in [-0.15, -0.1) is 0 Å². The molecule has 1 aromatic carbocycles. The first-order chi connectivity index (χ1) is 8.34. The molecule has 0 aromatic heterocycles. The lowest BCUT2D eigenvalue weighted by Gasteiger charge is -2.23. The second-order valence-electron chi connectivity index (χ2n) is 4.28. The van der Waals surface area contributed by atoms with E-state index in [0.717, 1.165) is 43.7 Å². The summed E-state index contributed by atoms with van der Waals surface area (Å²) in [5, 5.41) is 6.77. The fourth-order valence-corrected chi connectivity index (χ4v) is 2.16. The molecular formula is C13H19BrN2O. The minimum Gasteiger partial charge on any atom is -0.374 e. The predicted octanol–water partition coefficient (Wildman–Crippen LogP) is 1.57. The van der Waals surface area contributed by atoms with Crippen molar-refractivity contribution in [3.8, 4) is 0 Å². The Morgan fingerprint density at radius 2 is 2.18 bits per heavy atom. The van der Waals surface area contributed by atoms with Crippen LogP contribution in [0.2, 0.25) is 0 Å². The molecule has 17 heavy (non-hydrogen) atoms. The van der Waals surface area contributed by atoms with E-state index in [2.05, 4.69) is 50.8 Å². The zero-order valence-electron chi connectivity index (χ0n) is 9.92. The van der Waals surface area contributed by atoms with Gasteiger partial charge in [0.25, 0.3) is 0 Å². The molecule has 4 heteroatoms. The van der Waals surface area contributed by atoms with E-state index >= 15 is 0 Å². The van der Waals surface area contributed by atoms with Crippen molar-refractivity contribution in [3.05, 3.63) is 34.3 Å². The molecule has 0 saturated carbocycles. The Kier molecular flexibility index (Phi) is 5.45. The maximum Gasteiger partial charge on any atom is 0.0824 e. The summed E-state index contributed by atoms with van der Waals surface area (Å²) in [4.78, 5) is 0. The molecule has 1 aliphatic rings. The molecule has 1 saturated heterocycles. The van der Waals surface area contributed by atoms with Crippen molar-refractivity contribution in [2.75, 3.05) is 32.8 Å². The van der Waals surface area contributed by atoms with Crippen molar-refractivity contribution in [2.45, 2.75) is 12.5 Å². The average molecular weight is 299 g/mol. The zero-order valence-corrected chi connectivity index (χ0v) is 11.5. The molecular weight excluding hydrogens is 280 g/mol. The van der Waals surface area contributed by atoms with Gasteiger partial charge >= 0.3 is 0 Å². The highest BCUT2D eigenvalue weighted by atomic mass is 79.9. The van der Waals surface area contributed by atoms with Crippen LogP contribution in [0.25, 0.3) is 0 Å². The molecule has 0 spiro atoms. The van der Waals surface area contributed by atoms with Gasteiger partial charge in [0.2, 0.25) is 0 Å². The fraction of sp³-hybridized carbons (Fsp3) is 0.538. The van der Waals surface area contributed by atoms with Gasteiger partial charge in [-0.1, -0.05) is 28.1 Å². The van der Waals surface area contributed by atoms with Gasteiger partial charge < -0.3 is 15.4 Å². The van der Waals surface area contributed by atoms with E-state index in [9.17, 15) is 0 Å². The highest BCUT2D eigenvalue weighted by Crippen LogP contribution is 2.10. The lowest BCUT2D eigenvalue weighted by molar-refractivity contribution is 0.0294. The van der Waals surface area contributed by atoms with Gasteiger partial charge in [-0.05, 0) is 30.7 Å². The van der Waals surface area contributed by atoms with Gasteiger partial charge in [0.15, 0.2) is 0 Å². The molecule has 1 aliphatic heterocycles. The monoisotopic (exact) mass is 298 g/mol. The molecule has 0 amide bonds. The largest absolute Gasteiger partial charge is 0.374 e. The molecule has 0 radical (unpaired) electrons. The van der Waals surface area contributed by atoms with E-state index in [1.807, 2.05) is 0 Å². The van der Waals surface area contributed by atoms with E-state index in [4.69, 9.17) is 4.74 Å². The number of rotatable bonds is 5. The van der Waals surface area contributed by atoms with E-state index in [1.165, 1.54) is 5.56 Å². The Hall–Kier alpha value is -0.420. The standard InChI is InChI=1S/C13H19BrN2O/c14-12-3-1-11(2-4-12)5-6-15-9-13-10-16-7-8-17-13/h1-4,13,15-16H,5-10H2. The van der Waals surface area contributed by atoms with Crippen LogP contribution >= 0.6 is 15.9 Å². The Morgan fingerprint density at radius 1 is 1.35 bits per heavy atom. The lowest BCUT2D eigenvalue weighted by atomic mass is 10.1. The minimum atomic E-state index is 0.327. The first-order valence-corrected chi connectivity index (χ1v) is 6.91. The first-order valence-electron chi connectivity index (χ1n) is 6.12. The summed E-state index contributed by atoms with van der Waals surface area (Å²) in [6, 6.07) is 8.49. The molecule has 1 atom stereocenters. The summed E-state index contributed by atoms with van der Waals surface area (Å²) < 4.78 is 6.75. The normalized spacial score (nSPS) is 20.4. The third-order valence-corrected chi connectivity index (χ3v) is 3.41. The summed E-state index contributed by atoms with van der Waals surface area (Å²) in [6.07, 6.45) is 1.39. The van der Waals surface area contributed by atoms with Crippen LogP contribution in [0.3, 0.4) is 0 Å². The summed E-state index contributed by atoms with van der Waals surface area (Å²) >= 11 is 3.44. The smallest absolute Gasteiger partial charge is 0.0824 e. The number of nitrogens with one attached hydrogen (secondary N) is 2. The quantitative estimate of drug-likeness (QED) is 0.810. The molecule has 0 bridgehead atoms. The molecule has 1 fully saturated rings. The van der Waals surface area contributed by atoms with Gasteiger partial charge in [-0.3, -0.25) is 0 Å². The number of halogens is 1. The van der Waals surface area contributed by atoms with Crippen LogP contribution in [-0.4, -0.2) is 38.9 Å². The van der Waals surface area contributed by atoms with Crippen LogP contribution in [0.4, 0.5) is 0 Å². The molecule has 1 aromatic rings. The van der Waals surface area contributed by atoms with Gasteiger partial charge in [-0.2, -0.15) is 0 Å². The number of ether oxygens (including phenoxy) is 1. The third-order valence-electron chi connectivity index (χ3n) is 2.88. The minimum absolute atomic E-state index is 0.327. The first kappa shape index (κ1) is 13.0. The van der Waals surface area contributed by atoms with Crippen LogP contribution < -0.4 is 10.6 Å². The van der Waals surface area contributed by atoms with Crippen molar-refractivity contribution in [1.29, 1.82) is 0 Å². The van der Waals surface area contributed by atoms with Crippen molar-refractivity contribution in [1.82, 2.24) is 10.6 Å². The molecule has 1 heterocycles. The van der Waals surface area contributed by atoms with Crippen LogP contribution in [0.1, 0.15) is 5.56 Å². The van der Waals surface area contributed by atoms with Crippen LogP contribution in [0.5, 0.6) is 0 Å². The van der Waals surface area contributed by atoms with E-state index in [0.29, 0.717) is 6.10 Å². The fourth-order valence-electron chi connectivity index (χ4n) is 1.90. The summed E-state index contributed by atoms with van der Waals surface area (Å²) in [5.74, 6) is 0. The number of benzene rings is 1. The van der Waals surface area contributed by atoms with Gasteiger partial charge in [0, 0.05) is 24.1 Å². The SMILES string of the molecule is Brc1ccc(CCNCC2CNCCO2)cc1. The van der Waals surface area contributed by atoms with Gasteiger partial charge in [-0.25, -0.2) is 0 Å². The molecule has 3 nitrogen and oxygen atoms in total. The van der Waals surface area contributed by atoms with Crippen molar-refractivity contribution in [3.63, 3.8) is 0 Å². The van der Waals surface area contributed by atoms with Gasteiger partial charge in [0.1, 0.15) is 0 Å². The van der Waals surface area contributed by atoms with E-state index < -0.39 is 0 Å². The summed E-state index contributed by atoms with van der Waals surface area (Å²) in [5.41, 5.74) is 1.36. The maximum absolute atomic E-state index is 5.61. The van der Waals surface area contributed by atoms with Crippen molar-refractivity contribution >= 4 is 15.9 Å². The Balaban J connectivity index is 1.60. The molecule has 2 N–H and O–H groups in total. The van der Waals surface area contributed by atoms with Crippen LogP contribution in [0, 0.1) is 0 Å². The molecule has 0 aliphatic carbocycles. The number of morpholine rings is 1. The van der Waals surface area contributed by atoms with Crippen molar-refractivity contribution < 1.29 is 4.74 Å². The Morgan fingerprint density at radius 3 is 2.88 bits per heavy atom. The number of hydrogen-bond donors (Lipinski definition) is 2. The second-order valence-corrected chi connectivity index (χ2v) is 5.19. The average Bonchev–Trinajstić information content (AvgIpc) is 2.38.